The van der Waals surface area contributed by atoms with E-state index in [-0.39, 0.29) is 42.3 Å². The number of esters is 1. The van der Waals surface area contributed by atoms with Gasteiger partial charge in [0.25, 0.3) is 0 Å². The predicted molar refractivity (Wildman–Crippen MR) is 28.0 cm³/mol. The quantitative estimate of drug-likeness (QED) is 0.264. The van der Waals surface area contributed by atoms with E-state index in [4.69, 9.17) is 5.73 Å². The summed E-state index contributed by atoms with van der Waals surface area (Å²) in [6, 6.07) is 0. The SMILES string of the molecule is CC(=O)OCN.[NaH]. The van der Waals surface area contributed by atoms with Gasteiger partial charge in [-0.25, -0.2) is 0 Å². The minimum atomic E-state index is -0.336. The fraction of sp³-hybridized carbons (Fsp3) is 0.667. The number of ether oxygens (including phenoxy) is 1. The third-order valence-electron chi connectivity index (χ3n) is 0.287. The number of carbonyl (C=O) groups excluding carboxylic acids is 1. The first-order valence-corrected chi connectivity index (χ1v) is 1.61. The molecule has 0 aliphatic rings. The van der Waals surface area contributed by atoms with Gasteiger partial charge in [-0.15, -0.1) is 0 Å². The molecule has 0 atom stereocenters. The van der Waals surface area contributed by atoms with E-state index in [0.717, 1.165) is 0 Å². The average molecular weight is 113 g/mol. The molecule has 0 aromatic heterocycles. The Bertz CT molecular complexity index is 56.9. The molecule has 38 valence electrons. The Hall–Kier alpha value is 0.430. The first kappa shape index (κ1) is 10.4. The van der Waals surface area contributed by atoms with E-state index in [9.17, 15) is 4.79 Å². The molecule has 0 aliphatic heterocycles. The fourth-order valence-electron chi connectivity index (χ4n) is 0.117. The van der Waals surface area contributed by atoms with Crippen molar-refractivity contribution in [3.05, 3.63) is 0 Å². The molecule has 0 rings (SSSR count). The van der Waals surface area contributed by atoms with Crippen molar-refractivity contribution in [3.63, 3.8) is 0 Å². The van der Waals surface area contributed by atoms with Crippen molar-refractivity contribution in [2.24, 2.45) is 5.73 Å². The molecule has 2 N–H and O–H groups in total. The Morgan fingerprint density at radius 1 is 1.86 bits per heavy atom. The van der Waals surface area contributed by atoms with Crippen LogP contribution in [0.3, 0.4) is 0 Å². The third-order valence-corrected chi connectivity index (χ3v) is 0.287. The van der Waals surface area contributed by atoms with Crippen LogP contribution in [0.4, 0.5) is 0 Å². The second-order valence-electron chi connectivity index (χ2n) is 0.803. The van der Waals surface area contributed by atoms with Crippen LogP contribution in [0.15, 0.2) is 0 Å². The van der Waals surface area contributed by atoms with Gasteiger partial charge in [-0.2, -0.15) is 0 Å². The van der Waals surface area contributed by atoms with Gasteiger partial charge >= 0.3 is 35.5 Å². The maximum atomic E-state index is 9.74. The summed E-state index contributed by atoms with van der Waals surface area (Å²) in [6.07, 6.45) is 0. The van der Waals surface area contributed by atoms with E-state index in [1.807, 2.05) is 0 Å². The molecule has 0 heterocycles. The van der Waals surface area contributed by atoms with Crippen molar-refractivity contribution in [3.8, 4) is 0 Å². The van der Waals surface area contributed by atoms with Crippen molar-refractivity contribution < 1.29 is 9.53 Å². The molecule has 3 nitrogen and oxygen atoms in total. The van der Waals surface area contributed by atoms with Crippen LogP contribution in [0.2, 0.25) is 0 Å². The van der Waals surface area contributed by atoms with Gasteiger partial charge in [0.2, 0.25) is 0 Å². The Labute approximate surface area is 64.5 Å². The van der Waals surface area contributed by atoms with Crippen LogP contribution in [-0.4, -0.2) is 42.3 Å². The maximum absolute atomic E-state index is 9.74. The van der Waals surface area contributed by atoms with Crippen molar-refractivity contribution in [1.82, 2.24) is 0 Å². The summed E-state index contributed by atoms with van der Waals surface area (Å²) in [4.78, 5) is 9.74. The van der Waals surface area contributed by atoms with Crippen molar-refractivity contribution in [1.29, 1.82) is 0 Å². The van der Waals surface area contributed by atoms with Crippen molar-refractivity contribution in [2.75, 3.05) is 6.73 Å². The molecule has 0 spiro atoms. The number of hydrogen-bond acceptors (Lipinski definition) is 3. The summed E-state index contributed by atoms with van der Waals surface area (Å²) in [6.45, 7) is 1.29. The number of rotatable bonds is 1. The molecular weight excluding hydrogens is 105 g/mol. The Morgan fingerprint density at radius 2 is 2.29 bits per heavy atom. The topological polar surface area (TPSA) is 52.3 Å². The Morgan fingerprint density at radius 3 is 2.29 bits per heavy atom. The summed E-state index contributed by atoms with van der Waals surface area (Å²) in [5.74, 6) is -0.336. The van der Waals surface area contributed by atoms with Gasteiger partial charge in [-0.3, -0.25) is 10.5 Å². The van der Waals surface area contributed by atoms with Gasteiger partial charge in [-0.05, 0) is 0 Å². The molecule has 7 heavy (non-hydrogen) atoms. The van der Waals surface area contributed by atoms with Gasteiger partial charge < -0.3 is 4.74 Å². The van der Waals surface area contributed by atoms with Gasteiger partial charge in [0, 0.05) is 6.92 Å². The first-order chi connectivity index (χ1) is 2.77. The minimum absolute atomic E-state index is 0. The van der Waals surface area contributed by atoms with Crippen molar-refractivity contribution in [2.45, 2.75) is 6.92 Å². The fourth-order valence-corrected chi connectivity index (χ4v) is 0.117. The van der Waals surface area contributed by atoms with Crippen LogP contribution < -0.4 is 5.73 Å². The van der Waals surface area contributed by atoms with Gasteiger partial charge in [0.15, 0.2) is 0 Å². The van der Waals surface area contributed by atoms with E-state index in [2.05, 4.69) is 4.74 Å². The summed E-state index contributed by atoms with van der Waals surface area (Å²) in [5.41, 5.74) is 4.79. The van der Waals surface area contributed by atoms with Crippen LogP contribution in [0.1, 0.15) is 6.92 Å². The van der Waals surface area contributed by atoms with Crippen LogP contribution in [0.5, 0.6) is 0 Å². The third kappa shape index (κ3) is 10.7. The normalized spacial score (nSPS) is 6.57. The summed E-state index contributed by atoms with van der Waals surface area (Å²) < 4.78 is 4.18. The molecule has 0 aromatic rings. The first-order valence-electron chi connectivity index (χ1n) is 1.61. The molecule has 0 fully saturated rings. The molecule has 0 unspecified atom stereocenters. The Balaban J connectivity index is 0. The van der Waals surface area contributed by atoms with Gasteiger partial charge in [0.05, 0.1) is 0 Å². The van der Waals surface area contributed by atoms with Crippen LogP contribution in [0.25, 0.3) is 0 Å². The van der Waals surface area contributed by atoms with E-state index in [1.165, 1.54) is 6.92 Å². The Kier molecular flexibility index (Phi) is 9.57. The van der Waals surface area contributed by atoms with E-state index < -0.39 is 0 Å². The predicted octanol–water partition coefficient (Wildman–Crippen LogP) is -1.18. The molecule has 0 bridgehead atoms. The molecular formula is C3H8NNaO2. The van der Waals surface area contributed by atoms with E-state index >= 15 is 0 Å². The van der Waals surface area contributed by atoms with E-state index in [1.54, 1.807) is 0 Å². The molecule has 4 heteroatoms. The van der Waals surface area contributed by atoms with Crippen molar-refractivity contribution >= 4 is 35.5 Å². The molecule has 0 aromatic carbocycles. The summed E-state index contributed by atoms with van der Waals surface area (Å²) in [5, 5.41) is 0. The molecule has 0 aliphatic carbocycles. The number of hydrogen-bond donors (Lipinski definition) is 1. The standard InChI is InChI=1S/C3H7NO2.Na.H/c1-3(5)6-2-4;;/h2,4H2,1H3;;. The van der Waals surface area contributed by atoms with Crippen LogP contribution in [0, 0.1) is 0 Å². The molecule has 0 saturated heterocycles. The van der Waals surface area contributed by atoms with Gasteiger partial charge in [-0.1, -0.05) is 0 Å². The summed E-state index contributed by atoms with van der Waals surface area (Å²) >= 11 is 0. The zero-order valence-electron chi connectivity index (χ0n) is 3.60. The molecule has 0 radical (unpaired) electrons. The summed E-state index contributed by atoms with van der Waals surface area (Å²) in [7, 11) is 0. The number of carbonyl (C=O) groups is 1. The van der Waals surface area contributed by atoms with E-state index in [0.29, 0.717) is 0 Å². The van der Waals surface area contributed by atoms with Gasteiger partial charge in [0.1, 0.15) is 6.73 Å². The molecule has 0 saturated carbocycles. The second-order valence-corrected chi connectivity index (χ2v) is 0.803. The monoisotopic (exact) mass is 113 g/mol. The van der Waals surface area contributed by atoms with Crippen LogP contribution in [-0.2, 0) is 9.53 Å². The number of nitrogens with two attached hydrogens (primary N) is 1. The zero-order chi connectivity index (χ0) is 4.99. The molecule has 0 amide bonds. The average Bonchev–Trinajstić information content (AvgIpc) is 1.35. The zero-order valence-corrected chi connectivity index (χ0v) is 3.60. The second kappa shape index (κ2) is 6.43. The van der Waals surface area contributed by atoms with Crippen LogP contribution >= 0.6 is 0 Å².